The Kier molecular flexibility index (Phi) is 5.27. The highest BCUT2D eigenvalue weighted by atomic mass is 79.9. The van der Waals surface area contributed by atoms with Gasteiger partial charge in [-0.3, -0.25) is 4.79 Å². The predicted molar refractivity (Wildman–Crippen MR) is 98.6 cm³/mol. The molecule has 1 aromatic carbocycles. The van der Waals surface area contributed by atoms with Crippen LogP contribution in [0.25, 0.3) is 10.9 Å². The molecule has 25 heavy (non-hydrogen) atoms. The highest BCUT2D eigenvalue weighted by molar-refractivity contribution is 9.10. The topological polar surface area (TPSA) is 70.4 Å². The highest BCUT2D eigenvalue weighted by Gasteiger charge is 2.21. The van der Waals surface area contributed by atoms with E-state index in [1.54, 1.807) is 33.0 Å². The van der Waals surface area contributed by atoms with E-state index in [2.05, 4.69) is 21.0 Å². The molecular formula is C18H23BrN2O4. The summed E-state index contributed by atoms with van der Waals surface area (Å²) >= 11 is 3.45. The smallest absolute Gasteiger partial charge is 0.435 e. The van der Waals surface area contributed by atoms with Crippen LogP contribution in [0, 0.1) is 0 Å². The first-order chi connectivity index (χ1) is 11.3. The number of nitrogens with zero attached hydrogens (tertiary/aromatic N) is 2. The van der Waals surface area contributed by atoms with Gasteiger partial charge in [0.05, 0.1) is 11.9 Å². The van der Waals surface area contributed by atoms with Crippen LogP contribution in [-0.4, -0.2) is 33.0 Å². The highest BCUT2D eigenvalue weighted by Crippen LogP contribution is 2.25. The third-order valence-corrected chi connectivity index (χ3v) is 3.75. The van der Waals surface area contributed by atoms with Crippen molar-refractivity contribution in [1.82, 2.24) is 9.78 Å². The maximum Gasteiger partial charge on any atom is 0.435 e. The lowest BCUT2D eigenvalue weighted by Gasteiger charge is -2.19. The van der Waals surface area contributed by atoms with Gasteiger partial charge in [-0.1, -0.05) is 15.9 Å². The van der Waals surface area contributed by atoms with Gasteiger partial charge in [-0.15, -0.1) is 0 Å². The van der Waals surface area contributed by atoms with Gasteiger partial charge < -0.3 is 9.47 Å². The number of benzene rings is 1. The lowest BCUT2D eigenvalue weighted by molar-refractivity contribution is -0.153. The Hall–Kier alpha value is -1.89. The zero-order chi connectivity index (χ0) is 19.0. The molecule has 0 fully saturated rings. The molecule has 136 valence electrons. The van der Waals surface area contributed by atoms with Gasteiger partial charge in [-0.25, -0.2) is 4.79 Å². The van der Waals surface area contributed by atoms with Crippen LogP contribution in [0.1, 0.15) is 47.1 Å². The molecule has 0 saturated heterocycles. The number of aromatic nitrogens is 2. The first kappa shape index (κ1) is 19.4. The van der Waals surface area contributed by atoms with Crippen molar-refractivity contribution in [3.63, 3.8) is 0 Å². The minimum atomic E-state index is -0.600. The number of ether oxygens (including phenoxy) is 2. The molecule has 0 atom stereocenters. The molecular weight excluding hydrogens is 388 g/mol. The zero-order valence-corrected chi connectivity index (χ0v) is 16.9. The van der Waals surface area contributed by atoms with Crippen molar-refractivity contribution in [2.24, 2.45) is 0 Å². The van der Waals surface area contributed by atoms with E-state index in [1.807, 2.05) is 26.8 Å². The van der Waals surface area contributed by atoms with Crippen LogP contribution >= 0.6 is 15.9 Å². The van der Waals surface area contributed by atoms with Crippen LogP contribution in [-0.2, 0) is 20.7 Å². The second-order valence-electron chi connectivity index (χ2n) is 7.82. The summed E-state index contributed by atoms with van der Waals surface area (Å²) in [6.07, 6.45) is 1.17. The minimum Gasteiger partial charge on any atom is -0.460 e. The SMILES string of the molecule is CC(C)(C)OC(=O)Cc1cc2cn(C(=O)OC(C)(C)C)nc2cc1Br. The second-order valence-corrected chi connectivity index (χ2v) is 8.67. The van der Waals surface area contributed by atoms with Crippen molar-refractivity contribution in [3.05, 3.63) is 28.4 Å². The number of rotatable bonds is 2. The third kappa shape index (κ3) is 5.56. The average Bonchev–Trinajstić information content (AvgIpc) is 2.77. The molecule has 0 amide bonds. The molecule has 6 nitrogen and oxygen atoms in total. The molecule has 0 aliphatic heterocycles. The number of carbonyl (C=O) groups excluding carboxylic acids is 2. The molecule has 0 saturated carbocycles. The molecule has 0 unspecified atom stereocenters. The number of hydrogen-bond donors (Lipinski definition) is 0. The van der Waals surface area contributed by atoms with E-state index in [9.17, 15) is 9.59 Å². The summed E-state index contributed by atoms with van der Waals surface area (Å²) in [7, 11) is 0. The van der Waals surface area contributed by atoms with Crippen LogP contribution in [0.2, 0.25) is 0 Å². The summed E-state index contributed by atoms with van der Waals surface area (Å²) in [5.74, 6) is -0.313. The predicted octanol–water partition coefficient (Wildman–Crippen LogP) is 4.47. The minimum absolute atomic E-state index is 0.130. The number of esters is 1. The maximum atomic E-state index is 12.1. The molecule has 0 spiro atoms. The lowest BCUT2D eigenvalue weighted by atomic mass is 10.1. The van der Waals surface area contributed by atoms with Crippen molar-refractivity contribution in [2.45, 2.75) is 59.2 Å². The molecule has 0 radical (unpaired) electrons. The van der Waals surface area contributed by atoms with Crippen LogP contribution < -0.4 is 0 Å². The summed E-state index contributed by atoms with van der Waals surface area (Å²) in [6, 6.07) is 3.59. The molecule has 1 aromatic heterocycles. The van der Waals surface area contributed by atoms with Crippen LogP contribution in [0.3, 0.4) is 0 Å². The zero-order valence-electron chi connectivity index (χ0n) is 15.3. The Morgan fingerprint density at radius 1 is 1.08 bits per heavy atom. The van der Waals surface area contributed by atoms with Crippen LogP contribution in [0.15, 0.2) is 22.8 Å². The maximum absolute atomic E-state index is 12.1. The molecule has 2 rings (SSSR count). The fourth-order valence-corrected chi connectivity index (χ4v) is 2.64. The van der Waals surface area contributed by atoms with E-state index < -0.39 is 17.3 Å². The second kappa shape index (κ2) is 6.78. The summed E-state index contributed by atoms with van der Waals surface area (Å²) in [6.45, 7) is 10.9. The molecule has 0 bridgehead atoms. The summed E-state index contributed by atoms with van der Waals surface area (Å²) in [5.41, 5.74) is 0.267. The summed E-state index contributed by atoms with van der Waals surface area (Å²) in [4.78, 5) is 24.2. The fraction of sp³-hybridized carbons (Fsp3) is 0.500. The van der Waals surface area contributed by atoms with Gasteiger partial charge in [0, 0.05) is 16.1 Å². The quantitative estimate of drug-likeness (QED) is 0.683. The van der Waals surface area contributed by atoms with E-state index in [0.29, 0.717) is 5.52 Å². The standard InChI is InChI=1S/C18H23BrN2O4/c1-17(2,3)24-15(22)8-11-7-12-10-21(16(23)25-18(4,5)6)20-14(12)9-13(11)19/h7,9-10H,8H2,1-6H3. The summed E-state index contributed by atoms with van der Waals surface area (Å²) in [5, 5.41) is 4.98. The van der Waals surface area contributed by atoms with Crippen molar-refractivity contribution in [1.29, 1.82) is 0 Å². The van der Waals surface area contributed by atoms with E-state index in [0.717, 1.165) is 15.4 Å². The number of carbonyl (C=O) groups is 2. The number of fused-ring (bicyclic) bond motifs is 1. The largest absolute Gasteiger partial charge is 0.460 e. The molecule has 7 heteroatoms. The van der Waals surface area contributed by atoms with Gasteiger partial charge in [-0.05, 0) is 59.2 Å². The van der Waals surface area contributed by atoms with Gasteiger partial charge in [0.2, 0.25) is 0 Å². The summed E-state index contributed by atoms with van der Waals surface area (Å²) < 4.78 is 12.6. The van der Waals surface area contributed by atoms with Gasteiger partial charge in [0.1, 0.15) is 11.2 Å². The van der Waals surface area contributed by atoms with Crippen molar-refractivity contribution in [2.75, 3.05) is 0 Å². The van der Waals surface area contributed by atoms with Crippen molar-refractivity contribution >= 4 is 38.9 Å². The Labute approximate surface area is 155 Å². The number of halogens is 1. The van der Waals surface area contributed by atoms with Gasteiger partial charge in [0.25, 0.3) is 0 Å². The Morgan fingerprint density at radius 3 is 2.24 bits per heavy atom. The molecule has 2 aromatic rings. The lowest BCUT2D eigenvalue weighted by Crippen LogP contribution is -2.27. The van der Waals surface area contributed by atoms with Crippen molar-refractivity contribution in [3.8, 4) is 0 Å². The first-order valence-corrected chi connectivity index (χ1v) is 8.76. The fourth-order valence-electron chi connectivity index (χ4n) is 2.16. The number of hydrogen-bond acceptors (Lipinski definition) is 5. The molecule has 0 aliphatic rings. The van der Waals surface area contributed by atoms with E-state index in [4.69, 9.17) is 9.47 Å². The van der Waals surface area contributed by atoms with Crippen LogP contribution in [0.5, 0.6) is 0 Å². The molecule has 0 aliphatic carbocycles. The van der Waals surface area contributed by atoms with E-state index in [-0.39, 0.29) is 12.4 Å². The monoisotopic (exact) mass is 410 g/mol. The van der Waals surface area contributed by atoms with E-state index >= 15 is 0 Å². The third-order valence-electron chi connectivity index (χ3n) is 3.01. The van der Waals surface area contributed by atoms with Gasteiger partial charge >= 0.3 is 12.1 Å². The van der Waals surface area contributed by atoms with E-state index in [1.165, 1.54) is 4.68 Å². The average molecular weight is 411 g/mol. The van der Waals surface area contributed by atoms with Crippen LogP contribution in [0.4, 0.5) is 4.79 Å². The Bertz CT molecular complexity index is 813. The normalized spacial score (nSPS) is 12.3. The molecule has 1 heterocycles. The van der Waals surface area contributed by atoms with Gasteiger partial charge in [-0.2, -0.15) is 9.78 Å². The Balaban J connectivity index is 2.26. The van der Waals surface area contributed by atoms with Gasteiger partial charge in [0.15, 0.2) is 0 Å². The van der Waals surface area contributed by atoms with Crippen molar-refractivity contribution < 1.29 is 19.1 Å². The Morgan fingerprint density at radius 2 is 1.68 bits per heavy atom. The molecule has 0 N–H and O–H groups in total. The first-order valence-electron chi connectivity index (χ1n) is 7.97.